The van der Waals surface area contributed by atoms with Crippen molar-refractivity contribution < 1.29 is 9.84 Å². The second-order valence-corrected chi connectivity index (χ2v) is 4.12. The number of morpholine rings is 1. The van der Waals surface area contributed by atoms with Gasteiger partial charge in [-0.15, -0.1) is 0 Å². The Morgan fingerprint density at radius 3 is 3.06 bits per heavy atom. The molecule has 0 radical (unpaired) electrons. The van der Waals surface area contributed by atoms with Crippen molar-refractivity contribution in [3.8, 4) is 0 Å². The van der Waals surface area contributed by atoms with Crippen molar-refractivity contribution in [1.82, 2.24) is 0 Å². The molecule has 0 aromatic heterocycles. The van der Waals surface area contributed by atoms with Gasteiger partial charge in [-0.05, 0) is 18.6 Å². The summed E-state index contributed by atoms with van der Waals surface area (Å²) in [6.45, 7) is 4.15. The number of hydrogen-bond acceptors (Lipinski definition) is 4. The third-order valence-corrected chi connectivity index (χ3v) is 2.99. The minimum absolute atomic E-state index is 0.0112. The van der Waals surface area contributed by atoms with Crippen molar-refractivity contribution in [1.29, 1.82) is 0 Å². The summed E-state index contributed by atoms with van der Waals surface area (Å²) in [5.41, 5.74) is 8.94. The van der Waals surface area contributed by atoms with E-state index in [1.807, 2.05) is 25.1 Å². The summed E-state index contributed by atoms with van der Waals surface area (Å²) >= 11 is 0. The maximum Gasteiger partial charge on any atom is 0.0756 e. The SMILES string of the molecule is Cc1cccc(N)c1N1CCOCC1CO. The van der Waals surface area contributed by atoms with E-state index >= 15 is 0 Å². The summed E-state index contributed by atoms with van der Waals surface area (Å²) < 4.78 is 5.36. The zero-order chi connectivity index (χ0) is 11.5. The Morgan fingerprint density at radius 1 is 1.56 bits per heavy atom. The third kappa shape index (κ3) is 1.99. The van der Waals surface area contributed by atoms with E-state index in [1.165, 1.54) is 0 Å². The van der Waals surface area contributed by atoms with Gasteiger partial charge < -0.3 is 20.5 Å². The first kappa shape index (κ1) is 11.2. The largest absolute Gasteiger partial charge is 0.397 e. The number of ether oxygens (including phenoxy) is 1. The molecule has 88 valence electrons. The molecule has 0 bridgehead atoms. The molecular weight excluding hydrogens is 204 g/mol. The van der Waals surface area contributed by atoms with Crippen LogP contribution in [0.4, 0.5) is 11.4 Å². The molecule has 3 N–H and O–H groups in total. The van der Waals surface area contributed by atoms with E-state index < -0.39 is 0 Å². The van der Waals surface area contributed by atoms with Crippen molar-refractivity contribution >= 4 is 11.4 Å². The van der Waals surface area contributed by atoms with Gasteiger partial charge in [0.2, 0.25) is 0 Å². The number of aryl methyl sites for hydroxylation is 1. The minimum atomic E-state index is 0.0112. The maximum atomic E-state index is 9.34. The molecule has 1 unspecified atom stereocenters. The van der Waals surface area contributed by atoms with Gasteiger partial charge >= 0.3 is 0 Å². The normalized spacial score (nSPS) is 21.1. The molecule has 0 spiro atoms. The molecule has 2 rings (SSSR count). The van der Waals surface area contributed by atoms with Crippen molar-refractivity contribution in [2.45, 2.75) is 13.0 Å². The number of para-hydroxylation sites is 1. The highest BCUT2D eigenvalue weighted by Crippen LogP contribution is 2.29. The zero-order valence-electron chi connectivity index (χ0n) is 9.52. The highest BCUT2D eigenvalue weighted by Gasteiger charge is 2.24. The first-order chi connectivity index (χ1) is 7.74. The lowest BCUT2D eigenvalue weighted by molar-refractivity contribution is 0.0727. The van der Waals surface area contributed by atoms with Gasteiger partial charge in [-0.25, -0.2) is 0 Å². The number of benzene rings is 1. The fourth-order valence-corrected chi connectivity index (χ4v) is 2.17. The number of nitrogens with zero attached hydrogens (tertiary/aromatic N) is 1. The quantitative estimate of drug-likeness (QED) is 0.726. The summed E-state index contributed by atoms with van der Waals surface area (Å²) in [6, 6.07) is 5.89. The van der Waals surface area contributed by atoms with Crippen molar-refractivity contribution in [3.63, 3.8) is 0 Å². The van der Waals surface area contributed by atoms with Crippen molar-refractivity contribution in [2.24, 2.45) is 0 Å². The number of nitrogens with two attached hydrogens (primary N) is 1. The average Bonchev–Trinajstić information content (AvgIpc) is 2.29. The van der Waals surface area contributed by atoms with Crippen LogP contribution in [0.1, 0.15) is 5.56 Å². The van der Waals surface area contributed by atoms with Crippen LogP contribution in [0.3, 0.4) is 0 Å². The van der Waals surface area contributed by atoms with Gasteiger partial charge in [-0.2, -0.15) is 0 Å². The lowest BCUT2D eigenvalue weighted by Crippen LogP contribution is -2.48. The van der Waals surface area contributed by atoms with Crippen LogP contribution in [0.5, 0.6) is 0 Å². The molecule has 0 amide bonds. The Kier molecular flexibility index (Phi) is 3.31. The predicted molar refractivity (Wildman–Crippen MR) is 64.6 cm³/mol. The predicted octanol–water partition coefficient (Wildman–Crippen LogP) is 0.775. The van der Waals surface area contributed by atoms with E-state index in [9.17, 15) is 5.11 Å². The van der Waals surface area contributed by atoms with E-state index in [-0.39, 0.29) is 12.6 Å². The van der Waals surface area contributed by atoms with Crippen molar-refractivity contribution in [2.75, 3.05) is 37.0 Å². The summed E-state index contributed by atoms with van der Waals surface area (Å²) in [4.78, 5) is 2.15. The van der Waals surface area contributed by atoms with Crippen LogP contribution >= 0.6 is 0 Å². The standard InChI is InChI=1S/C12H18N2O2/c1-9-3-2-4-11(13)12(9)14-5-6-16-8-10(14)7-15/h2-4,10,15H,5-8,13H2,1H3. The van der Waals surface area contributed by atoms with Crippen LogP contribution in [0.15, 0.2) is 18.2 Å². The van der Waals surface area contributed by atoms with Crippen LogP contribution in [0.2, 0.25) is 0 Å². The van der Waals surface area contributed by atoms with E-state index in [1.54, 1.807) is 0 Å². The number of anilines is 2. The van der Waals surface area contributed by atoms with Gasteiger partial charge in [0, 0.05) is 6.54 Å². The van der Waals surface area contributed by atoms with Crippen molar-refractivity contribution in [3.05, 3.63) is 23.8 Å². The Labute approximate surface area is 95.6 Å². The molecular formula is C12H18N2O2. The van der Waals surface area contributed by atoms with E-state index in [0.717, 1.165) is 23.5 Å². The van der Waals surface area contributed by atoms with Crippen LogP contribution in [0, 0.1) is 6.92 Å². The summed E-state index contributed by atoms with van der Waals surface area (Å²) in [7, 11) is 0. The topological polar surface area (TPSA) is 58.7 Å². The average molecular weight is 222 g/mol. The minimum Gasteiger partial charge on any atom is -0.397 e. The van der Waals surface area contributed by atoms with Crippen LogP contribution in [-0.4, -0.2) is 37.5 Å². The summed E-state index contributed by atoms with van der Waals surface area (Å²) in [6.07, 6.45) is 0. The molecule has 1 saturated heterocycles. The van der Waals surface area contributed by atoms with Gasteiger partial charge in [0.15, 0.2) is 0 Å². The number of aliphatic hydroxyl groups is 1. The number of aliphatic hydroxyl groups excluding tert-OH is 1. The second kappa shape index (κ2) is 4.72. The van der Waals surface area contributed by atoms with Gasteiger partial charge in [0.25, 0.3) is 0 Å². The number of hydrogen-bond donors (Lipinski definition) is 2. The van der Waals surface area contributed by atoms with Crippen LogP contribution in [0.25, 0.3) is 0 Å². The molecule has 16 heavy (non-hydrogen) atoms. The fourth-order valence-electron chi connectivity index (χ4n) is 2.17. The molecule has 4 nitrogen and oxygen atoms in total. The Morgan fingerprint density at radius 2 is 2.38 bits per heavy atom. The Bertz CT molecular complexity index is 348. The second-order valence-electron chi connectivity index (χ2n) is 4.12. The third-order valence-electron chi connectivity index (χ3n) is 2.99. The van der Waals surface area contributed by atoms with Gasteiger partial charge in [-0.1, -0.05) is 12.1 Å². The van der Waals surface area contributed by atoms with Crippen LogP contribution < -0.4 is 10.6 Å². The fraction of sp³-hybridized carbons (Fsp3) is 0.500. The monoisotopic (exact) mass is 222 g/mol. The zero-order valence-corrected chi connectivity index (χ0v) is 9.52. The van der Waals surface area contributed by atoms with Gasteiger partial charge in [0.1, 0.15) is 0 Å². The van der Waals surface area contributed by atoms with E-state index in [4.69, 9.17) is 10.5 Å². The molecule has 1 aromatic carbocycles. The lowest BCUT2D eigenvalue weighted by Gasteiger charge is -2.37. The first-order valence-corrected chi connectivity index (χ1v) is 5.54. The molecule has 1 aliphatic heterocycles. The van der Waals surface area contributed by atoms with E-state index in [0.29, 0.717) is 13.2 Å². The molecule has 0 aliphatic carbocycles. The summed E-state index contributed by atoms with van der Waals surface area (Å²) in [5.74, 6) is 0. The number of nitrogen functional groups attached to an aromatic ring is 1. The van der Waals surface area contributed by atoms with Crippen LogP contribution in [-0.2, 0) is 4.74 Å². The Hall–Kier alpha value is -1.26. The highest BCUT2D eigenvalue weighted by molar-refractivity contribution is 5.72. The molecule has 1 aliphatic rings. The first-order valence-electron chi connectivity index (χ1n) is 5.54. The molecule has 1 heterocycles. The molecule has 1 aromatic rings. The lowest BCUT2D eigenvalue weighted by atomic mass is 10.1. The van der Waals surface area contributed by atoms with E-state index in [2.05, 4.69) is 4.90 Å². The smallest absolute Gasteiger partial charge is 0.0756 e. The molecule has 1 atom stereocenters. The molecule has 1 fully saturated rings. The number of rotatable bonds is 2. The summed E-state index contributed by atoms with van der Waals surface area (Å²) in [5, 5.41) is 9.34. The van der Waals surface area contributed by atoms with Gasteiger partial charge in [-0.3, -0.25) is 0 Å². The maximum absolute atomic E-state index is 9.34. The van der Waals surface area contributed by atoms with Gasteiger partial charge in [0.05, 0.1) is 37.2 Å². The Balaban J connectivity index is 2.34. The molecule has 4 heteroatoms. The highest BCUT2D eigenvalue weighted by atomic mass is 16.5. The molecule has 0 saturated carbocycles.